The molecule has 62 valence electrons. The Labute approximate surface area is 68.7 Å². The van der Waals surface area contributed by atoms with Crippen molar-refractivity contribution in [1.29, 1.82) is 0 Å². The molecule has 1 rings (SSSR count). The molecule has 0 atom stereocenters. The van der Waals surface area contributed by atoms with Gasteiger partial charge in [-0.25, -0.2) is 9.97 Å². The standard InChI is InChI=1S/C5H12.C4H4N2/c1-3-5-4-2;1-2-5-4-6-3-1/h3-5H2,1-2H3;1-4H. The van der Waals surface area contributed by atoms with Crippen LogP contribution in [-0.4, -0.2) is 9.97 Å². The molecule has 0 radical (unpaired) electrons. The summed E-state index contributed by atoms with van der Waals surface area (Å²) in [4.78, 5) is 7.35. The first kappa shape index (κ1) is 10.1. The van der Waals surface area contributed by atoms with E-state index in [1.165, 1.54) is 25.6 Å². The lowest BCUT2D eigenvalue weighted by Gasteiger charge is -1.79. The Bertz CT molecular complexity index is 111. The van der Waals surface area contributed by atoms with Crippen LogP contribution in [0.25, 0.3) is 0 Å². The lowest BCUT2D eigenvalue weighted by Crippen LogP contribution is -1.66. The van der Waals surface area contributed by atoms with Gasteiger partial charge in [0.2, 0.25) is 0 Å². The Morgan fingerprint density at radius 1 is 1.00 bits per heavy atom. The van der Waals surface area contributed by atoms with E-state index in [1.54, 1.807) is 18.5 Å². The molecule has 0 aliphatic carbocycles. The fourth-order valence-corrected chi connectivity index (χ4v) is 0.607. The number of unbranched alkanes of at least 4 members (excludes halogenated alkanes) is 2. The topological polar surface area (TPSA) is 25.8 Å². The predicted molar refractivity (Wildman–Crippen MR) is 47.2 cm³/mol. The van der Waals surface area contributed by atoms with Gasteiger partial charge in [0.05, 0.1) is 0 Å². The molecule has 0 amide bonds. The molecule has 0 aliphatic heterocycles. The van der Waals surface area contributed by atoms with Gasteiger partial charge in [0.15, 0.2) is 0 Å². The second-order valence-corrected chi connectivity index (χ2v) is 2.26. The zero-order chi connectivity index (χ0) is 8.36. The second kappa shape index (κ2) is 9.08. The van der Waals surface area contributed by atoms with Gasteiger partial charge in [-0.15, -0.1) is 0 Å². The molecule has 0 unspecified atom stereocenters. The van der Waals surface area contributed by atoms with Gasteiger partial charge >= 0.3 is 0 Å². The number of aromatic nitrogens is 2. The molecule has 0 bridgehead atoms. The summed E-state index contributed by atoms with van der Waals surface area (Å²) < 4.78 is 0. The van der Waals surface area contributed by atoms with Crippen molar-refractivity contribution in [2.24, 2.45) is 0 Å². The summed E-state index contributed by atoms with van der Waals surface area (Å²) in [5, 5.41) is 0. The molecule has 2 heteroatoms. The van der Waals surface area contributed by atoms with Crippen LogP contribution in [0.4, 0.5) is 0 Å². The summed E-state index contributed by atoms with van der Waals surface area (Å²) in [7, 11) is 0. The first-order valence-electron chi connectivity index (χ1n) is 4.11. The zero-order valence-corrected chi connectivity index (χ0v) is 7.33. The molecule has 0 fully saturated rings. The minimum atomic E-state index is 1.34. The van der Waals surface area contributed by atoms with Crippen LogP contribution in [0.15, 0.2) is 24.8 Å². The Balaban J connectivity index is 0.000000187. The number of nitrogens with zero attached hydrogens (tertiary/aromatic N) is 2. The van der Waals surface area contributed by atoms with Gasteiger partial charge in [0, 0.05) is 12.4 Å². The third-order valence-corrected chi connectivity index (χ3v) is 1.18. The third-order valence-electron chi connectivity index (χ3n) is 1.18. The predicted octanol–water partition coefficient (Wildman–Crippen LogP) is 2.67. The molecule has 1 aromatic heterocycles. The quantitative estimate of drug-likeness (QED) is 0.651. The van der Waals surface area contributed by atoms with Crippen LogP contribution in [0.3, 0.4) is 0 Å². The van der Waals surface area contributed by atoms with Crippen molar-refractivity contribution in [2.45, 2.75) is 33.1 Å². The van der Waals surface area contributed by atoms with E-state index in [0.717, 1.165) is 0 Å². The van der Waals surface area contributed by atoms with E-state index < -0.39 is 0 Å². The average Bonchev–Trinajstić information content (AvgIpc) is 2.10. The highest BCUT2D eigenvalue weighted by molar-refractivity contribution is 4.74. The van der Waals surface area contributed by atoms with Gasteiger partial charge < -0.3 is 0 Å². The van der Waals surface area contributed by atoms with E-state index in [9.17, 15) is 0 Å². The highest BCUT2D eigenvalue weighted by Gasteiger charge is 1.68. The SMILES string of the molecule is CCCCC.c1cncnc1. The van der Waals surface area contributed by atoms with Gasteiger partial charge in [0.25, 0.3) is 0 Å². The molecule has 0 spiro atoms. The van der Waals surface area contributed by atoms with E-state index in [-0.39, 0.29) is 0 Å². The van der Waals surface area contributed by atoms with Crippen LogP contribution in [0.1, 0.15) is 33.1 Å². The van der Waals surface area contributed by atoms with Crippen LogP contribution in [0, 0.1) is 0 Å². The second-order valence-electron chi connectivity index (χ2n) is 2.26. The summed E-state index contributed by atoms with van der Waals surface area (Å²) in [5.41, 5.74) is 0. The van der Waals surface area contributed by atoms with Crippen LogP contribution in [0.2, 0.25) is 0 Å². The van der Waals surface area contributed by atoms with Gasteiger partial charge in [-0.1, -0.05) is 33.1 Å². The minimum Gasteiger partial charge on any atom is -0.245 e. The van der Waals surface area contributed by atoms with Gasteiger partial charge in [0.1, 0.15) is 6.33 Å². The third kappa shape index (κ3) is 9.08. The monoisotopic (exact) mass is 152 g/mol. The van der Waals surface area contributed by atoms with Gasteiger partial charge in [-0.3, -0.25) is 0 Å². The highest BCUT2D eigenvalue weighted by Crippen LogP contribution is 1.88. The van der Waals surface area contributed by atoms with Crippen molar-refractivity contribution >= 4 is 0 Å². The Morgan fingerprint density at radius 2 is 1.55 bits per heavy atom. The molecule has 0 saturated heterocycles. The van der Waals surface area contributed by atoms with Crippen LogP contribution in [-0.2, 0) is 0 Å². The maximum absolute atomic E-state index is 3.67. The Hall–Kier alpha value is -0.920. The van der Waals surface area contributed by atoms with E-state index in [1.807, 2.05) is 0 Å². The van der Waals surface area contributed by atoms with Crippen LogP contribution in [0.5, 0.6) is 0 Å². The van der Waals surface area contributed by atoms with Crippen molar-refractivity contribution in [1.82, 2.24) is 9.97 Å². The molecule has 1 aromatic rings. The molecule has 2 nitrogen and oxygen atoms in total. The summed E-state index contributed by atoms with van der Waals surface area (Å²) in [5.74, 6) is 0. The lowest BCUT2D eigenvalue weighted by atomic mass is 10.3. The molecule has 0 aliphatic rings. The minimum absolute atomic E-state index is 1.34. The van der Waals surface area contributed by atoms with Gasteiger partial charge in [-0.2, -0.15) is 0 Å². The molecule has 0 saturated carbocycles. The Kier molecular flexibility index (Phi) is 8.32. The fourth-order valence-electron chi connectivity index (χ4n) is 0.607. The van der Waals surface area contributed by atoms with Crippen molar-refractivity contribution < 1.29 is 0 Å². The Morgan fingerprint density at radius 3 is 1.64 bits per heavy atom. The van der Waals surface area contributed by atoms with Crippen molar-refractivity contribution in [3.8, 4) is 0 Å². The molecule has 11 heavy (non-hydrogen) atoms. The smallest absolute Gasteiger partial charge is 0.115 e. The first-order valence-corrected chi connectivity index (χ1v) is 4.11. The maximum atomic E-state index is 3.67. The lowest BCUT2D eigenvalue weighted by molar-refractivity contribution is 0.772. The van der Waals surface area contributed by atoms with E-state index in [4.69, 9.17) is 0 Å². The number of hydrogen-bond acceptors (Lipinski definition) is 2. The van der Waals surface area contributed by atoms with Crippen LogP contribution >= 0.6 is 0 Å². The normalized spacial score (nSPS) is 8.18. The van der Waals surface area contributed by atoms with Crippen molar-refractivity contribution in [3.05, 3.63) is 24.8 Å². The van der Waals surface area contributed by atoms with Crippen molar-refractivity contribution in [3.63, 3.8) is 0 Å². The summed E-state index contributed by atoms with van der Waals surface area (Å²) in [6, 6.07) is 1.78. The highest BCUT2D eigenvalue weighted by atomic mass is 14.8. The average molecular weight is 152 g/mol. The molecule has 1 heterocycles. The summed E-state index contributed by atoms with van der Waals surface area (Å²) >= 11 is 0. The van der Waals surface area contributed by atoms with E-state index in [2.05, 4.69) is 23.8 Å². The maximum Gasteiger partial charge on any atom is 0.115 e. The summed E-state index contributed by atoms with van der Waals surface area (Å²) in [6.07, 6.45) is 8.95. The first-order chi connectivity index (χ1) is 5.41. The van der Waals surface area contributed by atoms with Crippen molar-refractivity contribution in [2.75, 3.05) is 0 Å². The number of hydrogen-bond donors (Lipinski definition) is 0. The molecular formula is C9H16N2. The van der Waals surface area contributed by atoms with E-state index in [0.29, 0.717) is 0 Å². The molecular weight excluding hydrogens is 136 g/mol. The van der Waals surface area contributed by atoms with Crippen LogP contribution < -0.4 is 0 Å². The summed E-state index contributed by atoms with van der Waals surface area (Å²) in [6.45, 7) is 4.42. The van der Waals surface area contributed by atoms with E-state index >= 15 is 0 Å². The van der Waals surface area contributed by atoms with Gasteiger partial charge in [-0.05, 0) is 6.07 Å². The zero-order valence-electron chi connectivity index (χ0n) is 7.33. The molecule has 0 N–H and O–H groups in total. The number of rotatable bonds is 2. The molecule has 0 aromatic carbocycles. The largest absolute Gasteiger partial charge is 0.245 e. The fraction of sp³-hybridized carbons (Fsp3) is 0.556.